The predicted octanol–water partition coefficient (Wildman–Crippen LogP) is 3.34. The smallest absolute Gasteiger partial charge is 0.272 e. The number of pyridine rings is 1. The Morgan fingerprint density at radius 3 is 2.23 bits per heavy atom. The number of likely N-dealkylation sites (N-methyl/N-ethyl adjacent to an activating group) is 1. The first-order valence-corrected chi connectivity index (χ1v) is 9.44. The summed E-state index contributed by atoms with van der Waals surface area (Å²) in [6, 6.07) is 10.2. The number of aromatic nitrogens is 1. The molecule has 0 bridgehead atoms. The summed E-state index contributed by atoms with van der Waals surface area (Å²) in [5.74, 6) is 0.0212. The summed E-state index contributed by atoms with van der Waals surface area (Å²) in [5, 5.41) is 3.50. The van der Waals surface area contributed by atoms with Crippen LogP contribution in [-0.2, 0) is 12.8 Å². The van der Waals surface area contributed by atoms with Gasteiger partial charge >= 0.3 is 0 Å². The number of nitrogens with one attached hydrogen (secondary N) is 1. The first-order valence-electron chi connectivity index (χ1n) is 9.44. The Morgan fingerprint density at radius 2 is 1.69 bits per heavy atom. The van der Waals surface area contributed by atoms with Crippen LogP contribution in [0.25, 0.3) is 0 Å². The van der Waals surface area contributed by atoms with Gasteiger partial charge in [0.1, 0.15) is 5.69 Å². The van der Waals surface area contributed by atoms with E-state index in [1.807, 2.05) is 17.0 Å². The topological polar surface area (TPSA) is 48.5 Å². The standard InChI is InChI=1S/C21H28N4O/c1-4-16-7-6-8-17(5-2)20(16)23-18-9-10-19(22-15-18)21(26)25-13-11-24(3)12-14-25/h6-10,15,23H,4-5,11-14H2,1-3H3. The molecule has 0 unspecified atom stereocenters. The lowest BCUT2D eigenvalue weighted by atomic mass is 10.0. The second-order valence-corrected chi connectivity index (χ2v) is 6.81. The SMILES string of the molecule is CCc1cccc(CC)c1Nc1ccc(C(=O)N2CCN(C)CC2)nc1. The molecule has 1 aromatic carbocycles. The van der Waals surface area contributed by atoms with E-state index in [0.29, 0.717) is 5.69 Å². The molecule has 26 heavy (non-hydrogen) atoms. The molecule has 1 N–H and O–H groups in total. The monoisotopic (exact) mass is 352 g/mol. The number of hydrogen-bond acceptors (Lipinski definition) is 4. The molecule has 138 valence electrons. The fraction of sp³-hybridized carbons (Fsp3) is 0.429. The average molecular weight is 352 g/mol. The lowest BCUT2D eigenvalue weighted by Crippen LogP contribution is -2.47. The Bertz CT molecular complexity index is 727. The van der Waals surface area contributed by atoms with E-state index in [1.54, 1.807) is 6.20 Å². The van der Waals surface area contributed by atoms with Gasteiger partial charge in [0, 0.05) is 31.9 Å². The molecule has 0 atom stereocenters. The molecular weight excluding hydrogens is 324 g/mol. The molecule has 1 saturated heterocycles. The molecule has 1 aliphatic heterocycles. The van der Waals surface area contributed by atoms with Crippen LogP contribution in [0.2, 0.25) is 0 Å². The molecular formula is C21H28N4O. The summed E-state index contributed by atoms with van der Waals surface area (Å²) < 4.78 is 0. The highest BCUT2D eigenvalue weighted by Crippen LogP contribution is 2.26. The van der Waals surface area contributed by atoms with Gasteiger partial charge in [-0.3, -0.25) is 4.79 Å². The van der Waals surface area contributed by atoms with Crippen LogP contribution >= 0.6 is 0 Å². The second kappa shape index (κ2) is 8.32. The van der Waals surface area contributed by atoms with Crippen LogP contribution in [0, 0.1) is 0 Å². The van der Waals surface area contributed by atoms with Gasteiger partial charge < -0.3 is 15.1 Å². The number of benzene rings is 1. The van der Waals surface area contributed by atoms with E-state index < -0.39 is 0 Å². The lowest BCUT2D eigenvalue weighted by molar-refractivity contribution is 0.0658. The van der Waals surface area contributed by atoms with Crippen molar-refractivity contribution in [2.75, 3.05) is 38.5 Å². The molecule has 5 nitrogen and oxygen atoms in total. The number of aryl methyl sites for hydroxylation is 2. The average Bonchev–Trinajstić information content (AvgIpc) is 2.68. The minimum absolute atomic E-state index is 0.0212. The van der Waals surface area contributed by atoms with Crippen molar-refractivity contribution < 1.29 is 4.79 Å². The number of para-hydroxylation sites is 1. The fourth-order valence-electron chi connectivity index (χ4n) is 3.31. The number of nitrogens with zero attached hydrogens (tertiary/aromatic N) is 3. The van der Waals surface area contributed by atoms with Gasteiger partial charge in [-0.2, -0.15) is 0 Å². The van der Waals surface area contributed by atoms with E-state index in [4.69, 9.17) is 0 Å². The van der Waals surface area contributed by atoms with Gasteiger partial charge in [-0.25, -0.2) is 4.98 Å². The van der Waals surface area contributed by atoms with Crippen molar-refractivity contribution in [2.24, 2.45) is 0 Å². The number of carbonyl (C=O) groups is 1. The van der Waals surface area contributed by atoms with Gasteiger partial charge in [0.15, 0.2) is 0 Å². The highest BCUT2D eigenvalue weighted by molar-refractivity contribution is 5.92. The van der Waals surface area contributed by atoms with Crippen LogP contribution in [0.15, 0.2) is 36.5 Å². The van der Waals surface area contributed by atoms with Gasteiger partial charge in [0.25, 0.3) is 5.91 Å². The molecule has 1 aliphatic rings. The summed E-state index contributed by atoms with van der Waals surface area (Å²) in [5.41, 5.74) is 5.18. The zero-order valence-corrected chi connectivity index (χ0v) is 16.0. The van der Waals surface area contributed by atoms with Gasteiger partial charge in [0.2, 0.25) is 0 Å². The highest BCUT2D eigenvalue weighted by Gasteiger charge is 2.21. The molecule has 2 aromatic rings. The van der Waals surface area contributed by atoms with Crippen LogP contribution < -0.4 is 5.32 Å². The molecule has 0 radical (unpaired) electrons. The van der Waals surface area contributed by atoms with Gasteiger partial charge in [-0.15, -0.1) is 0 Å². The third-order valence-electron chi connectivity index (χ3n) is 5.04. The van der Waals surface area contributed by atoms with E-state index in [0.717, 1.165) is 50.4 Å². The highest BCUT2D eigenvalue weighted by atomic mass is 16.2. The maximum Gasteiger partial charge on any atom is 0.272 e. The third-order valence-corrected chi connectivity index (χ3v) is 5.04. The van der Waals surface area contributed by atoms with E-state index >= 15 is 0 Å². The van der Waals surface area contributed by atoms with Crippen molar-refractivity contribution in [3.8, 4) is 0 Å². The van der Waals surface area contributed by atoms with Crippen molar-refractivity contribution >= 4 is 17.3 Å². The second-order valence-electron chi connectivity index (χ2n) is 6.81. The van der Waals surface area contributed by atoms with Crippen molar-refractivity contribution in [1.82, 2.24) is 14.8 Å². The maximum atomic E-state index is 12.6. The first-order chi connectivity index (χ1) is 12.6. The summed E-state index contributed by atoms with van der Waals surface area (Å²) >= 11 is 0. The fourth-order valence-corrected chi connectivity index (χ4v) is 3.31. The molecule has 0 spiro atoms. The minimum atomic E-state index is 0.0212. The zero-order chi connectivity index (χ0) is 18.5. The van der Waals surface area contributed by atoms with Gasteiger partial charge in [-0.05, 0) is 43.1 Å². The van der Waals surface area contributed by atoms with Crippen molar-refractivity contribution in [3.05, 3.63) is 53.3 Å². The minimum Gasteiger partial charge on any atom is -0.354 e. The van der Waals surface area contributed by atoms with Crippen LogP contribution in [0.5, 0.6) is 0 Å². The molecule has 1 amide bonds. The maximum absolute atomic E-state index is 12.6. The Kier molecular flexibility index (Phi) is 5.89. The van der Waals surface area contributed by atoms with Crippen molar-refractivity contribution in [1.29, 1.82) is 0 Å². The molecule has 1 fully saturated rings. The number of rotatable bonds is 5. The van der Waals surface area contributed by atoms with Crippen LogP contribution in [0.4, 0.5) is 11.4 Å². The normalized spacial score (nSPS) is 15.1. The van der Waals surface area contributed by atoms with Crippen LogP contribution in [-0.4, -0.2) is 53.9 Å². The Balaban J connectivity index is 1.73. The van der Waals surface area contributed by atoms with E-state index in [-0.39, 0.29) is 5.91 Å². The number of amides is 1. The Hall–Kier alpha value is -2.40. The molecule has 2 heterocycles. The molecule has 3 rings (SSSR count). The zero-order valence-electron chi connectivity index (χ0n) is 16.0. The van der Waals surface area contributed by atoms with Gasteiger partial charge in [0.05, 0.1) is 11.9 Å². The summed E-state index contributed by atoms with van der Waals surface area (Å²) in [7, 11) is 2.08. The molecule has 0 saturated carbocycles. The van der Waals surface area contributed by atoms with Crippen molar-refractivity contribution in [2.45, 2.75) is 26.7 Å². The quantitative estimate of drug-likeness (QED) is 0.897. The van der Waals surface area contributed by atoms with Crippen molar-refractivity contribution in [3.63, 3.8) is 0 Å². The lowest BCUT2D eigenvalue weighted by Gasteiger charge is -2.32. The predicted molar refractivity (Wildman–Crippen MR) is 106 cm³/mol. The molecule has 1 aromatic heterocycles. The molecule has 5 heteroatoms. The van der Waals surface area contributed by atoms with Crippen LogP contribution in [0.3, 0.4) is 0 Å². The summed E-state index contributed by atoms with van der Waals surface area (Å²) in [4.78, 5) is 21.1. The number of piperazine rings is 1. The summed E-state index contributed by atoms with van der Waals surface area (Å²) in [6.07, 6.45) is 3.71. The van der Waals surface area contributed by atoms with Gasteiger partial charge in [-0.1, -0.05) is 32.0 Å². The third kappa shape index (κ3) is 4.05. The Labute approximate surface area is 156 Å². The first kappa shape index (κ1) is 18.4. The summed E-state index contributed by atoms with van der Waals surface area (Å²) in [6.45, 7) is 7.69. The molecule has 0 aliphatic carbocycles. The van der Waals surface area contributed by atoms with E-state index in [1.165, 1.54) is 11.1 Å². The van der Waals surface area contributed by atoms with E-state index in [9.17, 15) is 4.79 Å². The number of anilines is 2. The van der Waals surface area contributed by atoms with Crippen LogP contribution in [0.1, 0.15) is 35.5 Å². The largest absolute Gasteiger partial charge is 0.354 e. The Morgan fingerprint density at radius 1 is 1.04 bits per heavy atom. The van der Waals surface area contributed by atoms with E-state index in [2.05, 4.69) is 54.3 Å². The number of hydrogen-bond donors (Lipinski definition) is 1. The number of carbonyl (C=O) groups excluding carboxylic acids is 1.